The first-order valence-electron chi connectivity index (χ1n) is 1.91. The van der Waals surface area contributed by atoms with Crippen LogP contribution in [0.15, 0.2) is 0 Å². The van der Waals surface area contributed by atoms with E-state index in [4.69, 9.17) is 0 Å². The first kappa shape index (κ1) is 4.92. The van der Waals surface area contributed by atoms with E-state index in [0.717, 1.165) is 0 Å². The van der Waals surface area contributed by atoms with Gasteiger partial charge in [-0.2, -0.15) is 0 Å². The van der Waals surface area contributed by atoms with Crippen molar-refractivity contribution in [2.24, 2.45) is 0 Å². The Morgan fingerprint density at radius 2 is 2.00 bits per heavy atom. The summed E-state index contributed by atoms with van der Waals surface area (Å²) in [5.74, 6) is 0. The van der Waals surface area contributed by atoms with E-state index in [0.29, 0.717) is 0 Å². The zero-order valence-electron chi connectivity index (χ0n) is 3.41. The molecular formula is C3H10Pb. The topological polar surface area (TPSA) is 0 Å². The van der Waals surface area contributed by atoms with Crippen LogP contribution in [-0.4, -0.2) is 24.2 Å². The molecule has 0 bridgehead atoms. The van der Waals surface area contributed by atoms with Crippen LogP contribution in [-0.2, 0) is 0 Å². The molecule has 0 heterocycles. The summed E-state index contributed by atoms with van der Waals surface area (Å²) in [6, 6.07) is 0. The van der Waals surface area contributed by atoms with Crippen molar-refractivity contribution in [1.82, 2.24) is 0 Å². The minimum atomic E-state index is -0.113. The zero-order valence-corrected chi connectivity index (χ0v) is 8.91. The van der Waals surface area contributed by atoms with Crippen molar-refractivity contribution in [3.05, 3.63) is 0 Å². The molecule has 0 radical (unpaired) electrons. The van der Waals surface area contributed by atoms with Crippen molar-refractivity contribution in [3.8, 4) is 0 Å². The van der Waals surface area contributed by atoms with Crippen molar-refractivity contribution in [2.45, 2.75) is 15.4 Å². The number of hydrogen-bond donors (Lipinski definition) is 0. The van der Waals surface area contributed by atoms with Gasteiger partial charge >= 0.3 is 39.6 Å². The van der Waals surface area contributed by atoms with E-state index in [1.54, 1.807) is 3.98 Å². The van der Waals surface area contributed by atoms with Crippen LogP contribution in [0.2, 0.25) is 8.46 Å². The average molecular weight is 253 g/mol. The van der Waals surface area contributed by atoms with Crippen LogP contribution in [0.4, 0.5) is 0 Å². The molecule has 0 N–H and O–H groups in total. The molecule has 0 aliphatic rings. The molecule has 0 amide bonds. The zero-order chi connectivity index (χ0) is 3.41. The van der Waals surface area contributed by atoms with Crippen molar-refractivity contribution < 1.29 is 0 Å². The third kappa shape index (κ3) is 2.92. The summed E-state index contributed by atoms with van der Waals surface area (Å²) in [5, 5.41) is 0. The van der Waals surface area contributed by atoms with Gasteiger partial charge in [-0.1, -0.05) is 0 Å². The minimum absolute atomic E-state index is 0.113. The molecule has 0 spiro atoms. The first-order chi connectivity index (χ1) is 1.91. The van der Waals surface area contributed by atoms with Gasteiger partial charge in [0.1, 0.15) is 0 Å². The van der Waals surface area contributed by atoms with E-state index >= 15 is 0 Å². The van der Waals surface area contributed by atoms with E-state index in [-0.39, 0.29) is 24.2 Å². The second-order valence-electron chi connectivity index (χ2n) is 1.000. The molecule has 26 valence electrons. The van der Waals surface area contributed by atoms with Crippen LogP contribution in [0.5, 0.6) is 0 Å². The summed E-state index contributed by atoms with van der Waals surface area (Å²) in [4.78, 5) is 0. The summed E-state index contributed by atoms with van der Waals surface area (Å²) in [7, 11) is 0. The Morgan fingerprint density at radius 3 is 2.00 bits per heavy atom. The van der Waals surface area contributed by atoms with Gasteiger partial charge in [0.25, 0.3) is 0 Å². The van der Waals surface area contributed by atoms with E-state index in [2.05, 4.69) is 11.4 Å². The van der Waals surface area contributed by atoms with Gasteiger partial charge in [-0.15, -0.1) is 0 Å². The molecule has 1 heteroatoms. The van der Waals surface area contributed by atoms with Crippen LogP contribution in [0.1, 0.15) is 6.92 Å². The van der Waals surface area contributed by atoms with Crippen LogP contribution >= 0.6 is 0 Å². The predicted octanol–water partition coefficient (Wildman–Crippen LogP) is 0.641. The van der Waals surface area contributed by atoms with Crippen LogP contribution in [0.3, 0.4) is 0 Å². The molecule has 4 heavy (non-hydrogen) atoms. The summed E-state index contributed by atoms with van der Waals surface area (Å²) < 4.78 is 3.94. The van der Waals surface area contributed by atoms with E-state index in [1.807, 2.05) is 0 Å². The van der Waals surface area contributed by atoms with Gasteiger partial charge in [-0.05, 0) is 0 Å². The Bertz CT molecular complexity index is 5.25. The van der Waals surface area contributed by atoms with Crippen molar-refractivity contribution in [3.63, 3.8) is 0 Å². The second-order valence-corrected chi connectivity index (χ2v) is 8.77. The number of hydrogen-bond acceptors (Lipinski definition) is 0. The van der Waals surface area contributed by atoms with Gasteiger partial charge in [0.05, 0.1) is 0 Å². The SMILES string of the molecule is C[CH2][PbH2][CH3]. The third-order valence-electron chi connectivity index (χ3n) is 0.500. The van der Waals surface area contributed by atoms with Crippen molar-refractivity contribution >= 4 is 24.2 Å². The van der Waals surface area contributed by atoms with Gasteiger partial charge in [0, 0.05) is 0 Å². The summed E-state index contributed by atoms with van der Waals surface area (Å²) >= 11 is -0.113. The van der Waals surface area contributed by atoms with Crippen molar-refractivity contribution in [2.75, 3.05) is 0 Å². The molecule has 0 aromatic rings. The van der Waals surface area contributed by atoms with Crippen LogP contribution in [0, 0.1) is 0 Å². The standard InChI is InChI=1S/C2H5.CH3.Pb.2H/c1-2;;;;/h1H2,2H3;1H3;;;. The second kappa shape index (κ2) is 3.92. The maximum atomic E-state index is 2.40. The molecule has 0 aromatic carbocycles. The Balaban J connectivity index is 1.97. The molecule has 0 aromatic heterocycles. The molecule has 0 atom stereocenters. The van der Waals surface area contributed by atoms with E-state index in [1.165, 1.54) is 0 Å². The van der Waals surface area contributed by atoms with Crippen molar-refractivity contribution in [1.29, 1.82) is 0 Å². The fourth-order valence-electron chi connectivity index (χ4n) is 0. The normalized spacial score (nSPS) is 10.5. The maximum absolute atomic E-state index is 2.40. The third-order valence-corrected chi connectivity index (χ3v) is 4.39. The molecule has 0 rings (SSSR count). The van der Waals surface area contributed by atoms with Gasteiger partial charge in [0.2, 0.25) is 0 Å². The Labute approximate surface area is 39.8 Å². The molecule has 0 unspecified atom stereocenters. The molecule has 0 aliphatic carbocycles. The van der Waals surface area contributed by atoms with Gasteiger partial charge in [-0.25, -0.2) is 0 Å². The van der Waals surface area contributed by atoms with Gasteiger partial charge in [-0.3, -0.25) is 0 Å². The summed E-state index contributed by atoms with van der Waals surface area (Å²) in [6.45, 7) is 2.28. The van der Waals surface area contributed by atoms with E-state index in [9.17, 15) is 0 Å². The Kier molecular flexibility index (Phi) is 4.83. The predicted molar refractivity (Wildman–Crippen MR) is 24.9 cm³/mol. The molecule has 0 fully saturated rings. The van der Waals surface area contributed by atoms with Crippen LogP contribution in [0.25, 0.3) is 0 Å². The fourth-order valence-corrected chi connectivity index (χ4v) is 0. The quantitative estimate of drug-likeness (QED) is 0.602. The van der Waals surface area contributed by atoms with Gasteiger partial charge < -0.3 is 0 Å². The monoisotopic (exact) mass is 254 g/mol. The van der Waals surface area contributed by atoms with Crippen LogP contribution < -0.4 is 0 Å². The fraction of sp³-hybridized carbons (Fsp3) is 1.00. The molecular weight excluding hydrogens is 243 g/mol. The molecule has 0 nitrogen and oxygen atoms in total. The average Bonchev–Trinajstić information content (AvgIpc) is 1.37. The Hall–Kier alpha value is 0.922. The summed E-state index contributed by atoms with van der Waals surface area (Å²) in [5.41, 5.74) is 0. The van der Waals surface area contributed by atoms with E-state index < -0.39 is 0 Å². The number of rotatable bonds is 1. The molecule has 0 saturated carbocycles. The Morgan fingerprint density at radius 1 is 1.75 bits per heavy atom. The summed E-state index contributed by atoms with van der Waals surface area (Å²) in [6.07, 6.45) is 0. The first-order valence-corrected chi connectivity index (χ1v) is 11.3. The molecule has 0 saturated heterocycles. The molecule has 0 aliphatic heterocycles. The van der Waals surface area contributed by atoms with Gasteiger partial charge in [0.15, 0.2) is 0 Å².